The Balaban J connectivity index is 1.87. The molecular formula is C18H25N3. The van der Waals surface area contributed by atoms with Crippen molar-refractivity contribution in [1.29, 1.82) is 0 Å². The Morgan fingerprint density at radius 1 is 1.10 bits per heavy atom. The van der Waals surface area contributed by atoms with E-state index < -0.39 is 0 Å². The number of rotatable bonds is 3. The second kappa shape index (κ2) is 6.10. The third-order valence-electron chi connectivity index (χ3n) is 5.21. The van der Waals surface area contributed by atoms with E-state index in [-0.39, 0.29) is 0 Å². The number of nitrogens with zero attached hydrogens (tertiary/aromatic N) is 2. The molecule has 0 bridgehead atoms. The lowest BCUT2D eigenvalue weighted by atomic mass is 9.72. The lowest BCUT2D eigenvalue weighted by Gasteiger charge is -2.36. The topological polar surface area (TPSA) is 37.8 Å². The number of para-hydroxylation sites is 2. The van der Waals surface area contributed by atoms with Crippen molar-refractivity contribution >= 4 is 11.0 Å². The van der Waals surface area contributed by atoms with Gasteiger partial charge in [0.1, 0.15) is 0 Å². The van der Waals surface area contributed by atoms with Crippen LogP contribution in [0.2, 0.25) is 0 Å². The zero-order chi connectivity index (χ0) is 14.8. The summed E-state index contributed by atoms with van der Waals surface area (Å²) in [5, 5.41) is 3.49. The highest BCUT2D eigenvalue weighted by atomic mass is 14.9. The van der Waals surface area contributed by atoms with Gasteiger partial charge >= 0.3 is 0 Å². The molecule has 3 heteroatoms. The number of hydrogen-bond acceptors (Lipinski definition) is 3. The first kappa shape index (κ1) is 14.5. The van der Waals surface area contributed by atoms with Crippen molar-refractivity contribution in [2.45, 2.75) is 39.2 Å². The van der Waals surface area contributed by atoms with Gasteiger partial charge in [0.2, 0.25) is 0 Å². The van der Waals surface area contributed by atoms with Crippen LogP contribution in [-0.4, -0.2) is 17.0 Å². The second-order valence-corrected chi connectivity index (χ2v) is 6.58. The van der Waals surface area contributed by atoms with Gasteiger partial charge in [-0.25, -0.2) is 4.98 Å². The molecule has 1 saturated carbocycles. The highest BCUT2D eigenvalue weighted by Crippen LogP contribution is 2.39. The van der Waals surface area contributed by atoms with E-state index in [9.17, 15) is 0 Å². The quantitative estimate of drug-likeness (QED) is 0.926. The van der Waals surface area contributed by atoms with Gasteiger partial charge in [-0.2, -0.15) is 0 Å². The Kier molecular flexibility index (Phi) is 4.20. The maximum absolute atomic E-state index is 4.84. The summed E-state index contributed by atoms with van der Waals surface area (Å²) in [5.41, 5.74) is 3.05. The van der Waals surface area contributed by atoms with Gasteiger partial charge in [-0.15, -0.1) is 0 Å². The first-order valence-electron chi connectivity index (χ1n) is 8.08. The van der Waals surface area contributed by atoms with Gasteiger partial charge in [0, 0.05) is 0 Å². The number of aromatic nitrogens is 2. The summed E-state index contributed by atoms with van der Waals surface area (Å²) in [6.45, 7) is 4.76. The largest absolute Gasteiger partial charge is 0.311 e. The minimum absolute atomic E-state index is 0.317. The summed E-state index contributed by atoms with van der Waals surface area (Å²) in [4.78, 5) is 9.42. The molecule has 3 rings (SSSR count). The molecule has 1 N–H and O–H groups in total. The molecule has 112 valence electrons. The van der Waals surface area contributed by atoms with Gasteiger partial charge in [-0.05, 0) is 49.8 Å². The van der Waals surface area contributed by atoms with Crippen molar-refractivity contribution in [3.05, 3.63) is 36.2 Å². The second-order valence-electron chi connectivity index (χ2n) is 6.58. The average molecular weight is 283 g/mol. The summed E-state index contributed by atoms with van der Waals surface area (Å²) < 4.78 is 0. The molecule has 1 aliphatic rings. The van der Waals surface area contributed by atoms with Gasteiger partial charge < -0.3 is 5.32 Å². The van der Waals surface area contributed by atoms with Crippen molar-refractivity contribution in [3.8, 4) is 0 Å². The summed E-state index contributed by atoms with van der Waals surface area (Å²) >= 11 is 0. The lowest BCUT2D eigenvalue weighted by molar-refractivity contribution is 0.173. The third kappa shape index (κ3) is 2.93. The first-order valence-corrected chi connectivity index (χ1v) is 8.08. The van der Waals surface area contributed by atoms with Gasteiger partial charge in [0.15, 0.2) is 0 Å². The van der Waals surface area contributed by atoms with Crippen LogP contribution >= 0.6 is 0 Å². The molecule has 1 aromatic carbocycles. The highest BCUT2D eigenvalue weighted by Gasteiger charge is 2.31. The van der Waals surface area contributed by atoms with Crippen LogP contribution in [0, 0.1) is 17.8 Å². The van der Waals surface area contributed by atoms with E-state index in [1.54, 1.807) is 0 Å². The molecule has 3 nitrogen and oxygen atoms in total. The van der Waals surface area contributed by atoms with Gasteiger partial charge in [0.25, 0.3) is 0 Å². The monoisotopic (exact) mass is 283 g/mol. The number of nitrogens with one attached hydrogen (secondary N) is 1. The van der Waals surface area contributed by atoms with E-state index in [1.165, 1.54) is 19.3 Å². The highest BCUT2D eigenvalue weighted by molar-refractivity contribution is 5.73. The lowest BCUT2D eigenvalue weighted by Crippen LogP contribution is -2.32. The molecule has 0 saturated heterocycles. The average Bonchev–Trinajstić information content (AvgIpc) is 2.51. The van der Waals surface area contributed by atoms with Crippen LogP contribution in [0.5, 0.6) is 0 Å². The summed E-state index contributed by atoms with van der Waals surface area (Å²) in [7, 11) is 2.05. The normalized spacial score (nSPS) is 27.7. The fourth-order valence-corrected chi connectivity index (χ4v) is 3.64. The molecule has 1 fully saturated rings. The Morgan fingerprint density at radius 3 is 2.57 bits per heavy atom. The molecule has 0 aliphatic heterocycles. The molecule has 1 aliphatic carbocycles. The maximum Gasteiger partial charge on any atom is 0.0890 e. The van der Waals surface area contributed by atoms with Crippen LogP contribution in [0.3, 0.4) is 0 Å². The molecular weight excluding hydrogens is 258 g/mol. The van der Waals surface area contributed by atoms with E-state index >= 15 is 0 Å². The van der Waals surface area contributed by atoms with Crippen LogP contribution in [0.1, 0.15) is 44.8 Å². The summed E-state index contributed by atoms with van der Waals surface area (Å²) in [6, 6.07) is 8.42. The standard InChI is InChI=1S/C18H25N3/c1-12-8-9-14(10-13(12)2)18(19-3)17-11-20-15-6-4-5-7-16(15)21-17/h4-7,11-14,18-19H,8-10H2,1-3H3. The fourth-order valence-electron chi connectivity index (χ4n) is 3.64. The Morgan fingerprint density at radius 2 is 1.86 bits per heavy atom. The van der Waals surface area contributed by atoms with Crippen LogP contribution in [-0.2, 0) is 0 Å². The molecule has 4 unspecified atom stereocenters. The van der Waals surface area contributed by atoms with E-state index in [0.717, 1.165) is 28.6 Å². The maximum atomic E-state index is 4.84. The van der Waals surface area contributed by atoms with Crippen molar-refractivity contribution in [2.75, 3.05) is 7.05 Å². The van der Waals surface area contributed by atoms with Crippen LogP contribution in [0.25, 0.3) is 11.0 Å². The van der Waals surface area contributed by atoms with Crippen molar-refractivity contribution < 1.29 is 0 Å². The van der Waals surface area contributed by atoms with Crippen LogP contribution in [0.15, 0.2) is 30.5 Å². The van der Waals surface area contributed by atoms with Crippen molar-refractivity contribution in [2.24, 2.45) is 17.8 Å². The SMILES string of the molecule is CNC(c1cnc2ccccc2n1)C1CCC(C)C(C)C1. The number of fused-ring (bicyclic) bond motifs is 1. The predicted molar refractivity (Wildman–Crippen MR) is 87.0 cm³/mol. The molecule has 1 aromatic heterocycles. The molecule has 0 spiro atoms. The number of benzene rings is 1. The minimum atomic E-state index is 0.317. The van der Waals surface area contributed by atoms with Crippen molar-refractivity contribution in [1.82, 2.24) is 15.3 Å². The third-order valence-corrected chi connectivity index (χ3v) is 5.21. The van der Waals surface area contributed by atoms with E-state index in [1.807, 2.05) is 37.5 Å². The van der Waals surface area contributed by atoms with Gasteiger partial charge in [-0.3, -0.25) is 4.98 Å². The number of hydrogen-bond donors (Lipinski definition) is 1. The Bertz CT molecular complexity index is 610. The predicted octanol–water partition coefficient (Wildman–Crippen LogP) is 3.96. The molecule has 4 atom stereocenters. The zero-order valence-electron chi connectivity index (χ0n) is 13.2. The molecule has 0 amide bonds. The molecule has 0 radical (unpaired) electrons. The molecule has 21 heavy (non-hydrogen) atoms. The van der Waals surface area contributed by atoms with E-state index in [2.05, 4.69) is 24.1 Å². The van der Waals surface area contributed by atoms with Crippen LogP contribution in [0.4, 0.5) is 0 Å². The zero-order valence-corrected chi connectivity index (χ0v) is 13.2. The smallest absolute Gasteiger partial charge is 0.0890 e. The Hall–Kier alpha value is -1.48. The Labute approximate surface area is 127 Å². The van der Waals surface area contributed by atoms with Gasteiger partial charge in [-0.1, -0.05) is 32.4 Å². The van der Waals surface area contributed by atoms with Gasteiger partial charge in [0.05, 0.1) is 29.0 Å². The molecule has 1 heterocycles. The minimum Gasteiger partial charge on any atom is -0.311 e. The summed E-state index contributed by atoms with van der Waals surface area (Å²) in [5.74, 6) is 2.31. The van der Waals surface area contributed by atoms with E-state index in [4.69, 9.17) is 4.98 Å². The molecule has 2 aromatic rings. The van der Waals surface area contributed by atoms with Crippen LogP contribution < -0.4 is 5.32 Å². The fraction of sp³-hybridized carbons (Fsp3) is 0.556. The summed E-state index contributed by atoms with van der Waals surface area (Å²) in [6.07, 6.45) is 5.84. The van der Waals surface area contributed by atoms with E-state index in [0.29, 0.717) is 12.0 Å². The first-order chi connectivity index (χ1) is 10.2. The van der Waals surface area contributed by atoms with Crippen molar-refractivity contribution in [3.63, 3.8) is 0 Å².